The van der Waals surface area contributed by atoms with Crippen molar-refractivity contribution in [2.24, 2.45) is 5.92 Å². The molecule has 3 aromatic carbocycles. The van der Waals surface area contributed by atoms with Gasteiger partial charge in [0.05, 0.1) is 17.4 Å². The van der Waals surface area contributed by atoms with Crippen molar-refractivity contribution >= 4 is 39.1 Å². The topological polar surface area (TPSA) is 49.9 Å². The Balaban J connectivity index is 1.59. The van der Waals surface area contributed by atoms with Gasteiger partial charge in [0.1, 0.15) is 5.92 Å². The molecule has 2 heterocycles. The lowest BCUT2D eigenvalue weighted by atomic mass is 9.90. The monoisotopic (exact) mass is 462 g/mol. The van der Waals surface area contributed by atoms with Crippen LogP contribution < -0.4 is 9.96 Å². The van der Waals surface area contributed by atoms with Crippen LogP contribution in [0, 0.1) is 12.8 Å². The molecule has 0 unspecified atom stereocenters. The van der Waals surface area contributed by atoms with Crippen molar-refractivity contribution in [2.45, 2.75) is 19.1 Å². The number of hydrogen-bond donors (Lipinski definition) is 0. The lowest BCUT2D eigenvalue weighted by molar-refractivity contribution is -0.126. The number of hydrogen-bond acceptors (Lipinski definition) is 4. The van der Waals surface area contributed by atoms with Crippen LogP contribution in [0.25, 0.3) is 0 Å². The fourth-order valence-electron chi connectivity index (χ4n) is 4.19. The Morgan fingerprint density at radius 3 is 2.23 bits per heavy atom. The zero-order chi connectivity index (χ0) is 20.8. The number of halogens is 1. The minimum absolute atomic E-state index is 0.243. The fraction of sp³-hybridized carbons (Fsp3) is 0.167. The van der Waals surface area contributed by atoms with Gasteiger partial charge in [-0.1, -0.05) is 70.0 Å². The first-order valence-electron chi connectivity index (χ1n) is 9.75. The molecular weight excluding hydrogens is 444 g/mol. The van der Waals surface area contributed by atoms with Crippen LogP contribution in [0.2, 0.25) is 0 Å². The Labute approximate surface area is 183 Å². The number of rotatable bonds is 3. The summed E-state index contributed by atoms with van der Waals surface area (Å²) in [6.45, 7) is 2.02. The van der Waals surface area contributed by atoms with Crippen molar-refractivity contribution in [1.29, 1.82) is 0 Å². The van der Waals surface area contributed by atoms with Crippen LogP contribution in [-0.4, -0.2) is 17.9 Å². The van der Waals surface area contributed by atoms with Crippen LogP contribution in [-0.2, 0) is 14.4 Å². The number of hydroxylamine groups is 1. The summed E-state index contributed by atoms with van der Waals surface area (Å²) in [5, 5.41) is 1.72. The number of carbonyl (C=O) groups is 2. The molecule has 2 fully saturated rings. The molecule has 0 bridgehead atoms. The first kappa shape index (κ1) is 19.0. The fourth-order valence-corrected chi connectivity index (χ4v) is 4.57. The predicted octanol–water partition coefficient (Wildman–Crippen LogP) is 4.81. The molecule has 0 aliphatic carbocycles. The van der Waals surface area contributed by atoms with Crippen LogP contribution in [0.3, 0.4) is 0 Å². The number of imide groups is 1. The highest BCUT2D eigenvalue weighted by molar-refractivity contribution is 9.10. The van der Waals surface area contributed by atoms with Crippen molar-refractivity contribution in [3.63, 3.8) is 0 Å². The van der Waals surface area contributed by atoms with Gasteiger partial charge in [0, 0.05) is 4.47 Å². The number of amides is 2. The van der Waals surface area contributed by atoms with E-state index < -0.39 is 18.1 Å². The van der Waals surface area contributed by atoms with Gasteiger partial charge in [-0.2, -0.15) is 0 Å². The summed E-state index contributed by atoms with van der Waals surface area (Å²) in [5.41, 5.74) is 3.43. The first-order chi connectivity index (χ1) is 14.5. The summed E-state index contributed by atoms with van der Waals surface area (Å²) in [5.74, 6) is -1.20. The number of anilines is 2. The molecule has 0 N–H and O–H groups in total. The molecule has 2 aliphatic rings. The van der Waals surface area contributed by atoms with Crippen LogP contribution in [0.5, 0.6) is 0 Å². The lowest BCUT2D eigenvalue weighted by Gasteiger charge is -2.28. The molecule has 3 atom stereocenters. The highest BCUT2D eigenvalue weighted by atomic mass is 79.9. The van der Waals surface area contributed by atoms with Crippen LogP contribution >= 0.6 is 15.9 Å². The zero-order valence-corrected chi connectivity index (χ0v) is 17.8. The van der Waals surface area contributed by atoms with E-state index in [9.17, 15) is 9.59 Å². The average molecular weight is 463 g/mol. The van der Waals surface area contributed by atoms with Gasteiger partial charge in [-0.15, -0.1) is 0 Å². The minimum atomic E-state index is -0.858. The molecule has 0 radical (unpaired) electrons. The number of aryl methyl sites for hydroxylation is 1. The van der Waals surface area contributed by atoms with Gasteiger partial charge in [-0.25, -0.2) is 9.96 Å². The zero-order valence-electron chi connectivity index (χ0n) is 16.2. The Bertz CT molecular complexity index is 1120. The second-order valence-corrected chi connectivity index (χ2v) is 8.48. The second-order valence-electron chi connectivity index (χ2n) is 7.56. The third kappa shape index (κ3) is 3.04. The van der Waals surface area contributed by atoms with E-state index in [1.165, 1.54) is 4.90 Å². The second kappa shape index (κ2) is 7.38. The summed E-state index contributed by atoms with van der Waals surface area (Å²) in [4.78, 5) is 34.2. The summed E-state index contributed by atoms with van der Waals surface area (Å²) < 4.78 is 0.805. The molecule has 0 spiro atoms. The number of benzene rings is 3. The van der Waals surface area contributed by atoms with E-state index in [1.54, 1.807) is 17.2 Å². The molecule has 5 rings (SSSR count). The molecule has 3 aromatic rings. The summed E-state index contributed by atoms with van der Waals surface area (Å²) in [6, 6.07) is 24.4. The quantitative estimate of drug-likeness (QED) is 0.524. The van der Waals surface area contributed by atoms with Gasteiger partial charge in [0.25, 0.3) is 5.91 Å². The van der Waals surface area contributed by atoms with E-state index in [0.29, 0.717) is 5.69 Å². The molecule has 6 heteroatoms. The molecule has 0 aromatic heterocycles. The van der Waals surface area contributed by atoms with Gasteiger partial charge >= 0.3 is 0 Å². The number of carbonyl (C=O) groups excluding carboxylic acids is 2. The third-order valence-corrected chi connectivity index (χ3v) is 6.10. The Hall–Kier alpha value is -2.96. The average Bonchev–Trinajstić information content (AvgIpc) is 3.26. The highest BCUT2D eigenvalue weighted by Gasteiger charge is 2.60. The maximum Gasteiger partial charge on any atom is 0.266 e. The molecular formula is C24H19BrN2O3. The Morgan fingerprint density at radius 2 is 1.53 bits per heavy atom. The minimum Gasteiger partial charge on any atom is -0.273 e. The largest absolute Gasteiger partial charge is 0.273 e. The Kier molecular flexibility index (Phi) is 4.68. The maximum atomic E-state index is 13.5. The molecule has 5 nitrogen and oxygen atoms in total. The van der Waals surface area contributed by atoms with E-state index in [-0.39, 0.29) is 11.8 Å². The molecule has 2 aliphatic heterocycles. The van der Waals surface area contributed by atoms with Crippen molar-refractivity contribution in [1.82, 2.24) is 0 Å². The van der Waals surface area contributed by atoms with Crippen molar-refractivity contribution in [3.05, 3.63) is 94.5 Å². The molecule has 150 valence electrons. The van der Waals surface area contributed by atoms with E-state index in [2.05, 4.69) is 15.9 Å². The predicted molar refractivity (Wildman–Crippen MR) is 118 cm³/mol. The SMILES string of the molecule is Cc1ccc([C@@H]2[C@H]3C(=O)N(c4cccc(Br)c4)C(=O)[C@H]3ON2c2ccccc2)cc1. The number of fused-ring (bicyclic) bond motifs is 1. The number of nitrogens with zero attached hydrogens (tertiary/aromatic N) is 2. The van der Waals surface area contributed by atoms with Gasteiger partial charge < -0.3 is 0 Å². The Morgan fingerprint density at radius 1 is 0.833 bits per heavy atom. The highest BCUT2D eigenvalue weighted by Crippen LogP contribution is 2.47. The van der Waals surface area contributed by atoms with Gasteiger partial charge in [0.15, 0.2) is 6.10 Å². The van der Waals surface area contributed by atoms with Crippen molar-refractivity contribution in [2.75, 3.05) is 9.96 Å². The normalized spacial score (nSPS) is 23.2. The van der Waals surface area contributed by atoms with E-state index >= 15 is 0 Å². The van der Waals surface area contributed by atoms with Gasteiger partial charge in [-0.05, 0) is 42.8 Å². The first-order valence-corrected chi connectivity index (χ1v) is 10.5. The molecule has 30 heavy (non-hydrogen) atoms. The smallest absolute Gasteiger partial charge is 0.266 e. The molecule has 2 amide bonds. The van der Waals surface area contributed by atoms with Crippen LogP contribution in [0.4, 0.5) is 11.4 Å². The van der Waals surface area contributed by atoms with Gasteiger partial charge in [0.2, 0.25) is 5.91 Å². The maximum absolute atomic E-state index is 13.5. The third-order valence-electron chi connectivity index (χ3n) is 5.61. The van der Waals surface area contributed by atoms with Crippen molar-refractivity contribution < 1.29 is 14.4 Å². The van der Waals surface area contributed by atoms with E-state index in [0.717, 1.165) is 21.3 Å². The summed E-state index contributed by atoms with van der Waals surface area (Å²) >= 11 is 3.42. The summed E-state index contributed by atoms with van der Waals surface area (Å²) in [7, 11) is 0. The van der Waals surface area contributed by atoms with E-state index in [1.807, 2.05) is 73.7 Å². The standard InChI is InChI=1S/C24H19BrN2O3/c1-15-10-12-16(13-11-15)21-20-22(30-27(21)18-7-3-2-4-8-18)24(29)26(23(20)28)19-9-5-6-17(25)14-19/h2-14,20-22H,1H3/t20-,21-,22+/m1/s1. The molecule has 0 saturated carbocycles. The summed E-state index contributed by atoms with van der Waals surface area (Å²) in [6.07, 6.45) is -0.858. The van der Waals surface area contributed by atoms with E-state index in [4.69, 9.17) is 4.84 Å². The van der Waals surface area contributed by atoms with Crippen molar-refractivity contribution in [3.8, 4) is 0 Å². The molecule has 2 saturated heterocycles. The number of para-hydroxylation sites is 1. The van der Waals surface area contributed by atoms with Crippen LogP contribution in [0.1, 0.15) is 17.2 Å². The van der Waals surface area contributed by atoms with Crippen LogP contribution in [0.15, 0.2) is 83.3 Å². The lowest BCUT2D eigenvalue weighted by Crippen LogP contribution is -2.37. The van der Waals surface area contributed by atoms with Gasteiger partial charge in [-0.3, -0.25) is 14.4 Å².